The van der Waals surface area contributed by atoms with Crippen molar-refractivity contribution in [3.63, 3.8) is 0 Å². The third kappa shape index (κ3) is 4.67. The molecule has 0 atom stereocenters. The van der Waals surface area contributed by atoms with Crippen molar-refractivity contribution < 1.29 is 28.9 Å². The normalized spacial score (nSPS) is 10.7. The van der Waals surface area contributed by atoms with Gasteiger partial charge < -0.3 is 10.2 Å². The second kappa shape index (κ2) is 6.59. The molecule has 0 saturated carbocycles. The molecule has 112 valence electrons. The molecule has 0 amide bonds. The van der Waals surface area contributed by atoms with Crippen molar-refractivity contribution in [1.29, 1.82) is 0 Å². The molecule has 0 unspecified atom stereocenters. The van der Waals surface area contributed by atoms with Crippen LogP contribution in [0.2, 0.25) is 0 Å². The van der Waals surface area contributed by atoms with Crippen LogP contribution in [0.5, 0.6) is 0 Å². The van der Waals surface area contributed by atoms with E-state index in [1.807, 2.05) is 0 Å². The summed E-state index contributed by atoms with van der Waals surface area (Å²) >= 11 is 0. The van der Waals surface area contributed by atoms with Crippen molar-refractivity contribution in [2.45, 2.75) is 32.6 Å². The van der Waals surface area contributed by atoms with Crippen LogP contribution in [0, 0.1) is 0 Å². The van der Waals surface area contributed by atoms with Gasteiger partial charge in [-0.05, 0) is 0 Å². The van der Waals surface area contributed by atoms with Gasteiger partial charge in [-0.3, -0.25) is 9.59 Å². The molecule has 10 nitrogen and oxygen atoms in total. The summed E-state index contributed by atoms with van der Waals surface area (Å²) in [4.78, 5) is 21.0. The number of aliphatic carboxylic acids is 2. The molecule has 0 aliphatic carbocycles. The van der Waals surface area contributed by atoms with Gasteiger partial charge in [-0.15, -0.1) is 0 Å². The van der Waals surface area contributed by atoms with Crippen LogP contribution in [0.15, 0.2) is 25.3 Å². The molecule has 2 aromatic heterocycles. The number of aryl methyl sites for hydroxylation is 2. The molecule has 0 radical (unpaired) electrons. The van der Waals surface area contributed by atoms with Gasteiger partial charge in [0.15, 0.2) is 0 Å². The Morgan fingerprint density at radius 1 is 0.905 bits per heavy atom. The van der Waals surface area contributed by atoms with Crippen LogP contribution in [0.1, 0.15) is 12.8 Å². The van der Waals surface area contributed by atoms with Crippen molar-refractivity contribution in [3.8, 4) is 0 Å². The minimum absolute atomic E-state index is 0.0350. The third-order valence-electron chi connectivity index (χ3n) is 2.72. The fourth-order valence-electron chi connectivity index (χ4n) is 1.70. The predicted octanol–water partition coefficient (Wildman–Crippen LogP) is -1.89. The molecule has 0 fully saturated rings. The molecular formula is C11H16N6O4+2. The fraction of sp³-hybridized carbons (Fsp3) is 0.455. The summed E-state index contributed by atoms with van der Waals surface area (Å²) in [7, 11) is 0. The molecule has 0 aliphatic rings. The molecule has 0 bridgehead atoms. The van der Waals surface area contributed by atoms with Gasteiger partial charge >= 0.3 is 11.9 Å². The highest BCUT2D eigenvalue weighted by atomic mass is 16.4. The second-order valence-electron chi connectivity index (χ2n) is 4.48. The van der Waals surface area contributed by atoms with E-state index in [0.717, 1.165) is 0 Å². The van der Waals surface area contributed by atoms with Crippen molar-refractivity contribution >= 4 is 11.9 Å². The van der Waals surface area contributed by atoms with Crippen LogP contribution >= 0.6 is 0 Å². The van der Waals surface area contributed by atoms with Crippen LogP contribution in [-0.2, 0) is 29.3 Å². The van der Waals surface area contributed by atoms with Gasteiger partial charge in [0.2, 0.25) is 12.7 Å². The van der Waals surface area contributed by atoms with Crippen LogP contribution in [-0.4, -0.2) is 41.7 Å². The second-order valence-corrected chi connectivity index (χ2v) is 4.48. The lowest BCUT2D eigenvalue weighted by atomic mass is 10.4. The maximum Gasteiger partial charge on any atom is 0.306 e. The zero-order chi connectivity index (χ0) is 15.2. The first-order valence-corrected chi connectivity index (χ1v) is 6.29. The van der Waals surface area contributed by atoms with Gasteiger partial charge in [-0.1, -0.05) is 9.36 Å². The van der Waals surface area contributed by atoms with Crippen molar-refractivity contribution in [3.05, 3.63) is 25.3 Å². The smallest absolute Gasteiger partial charge is 0.306 e. The molecule has 0 saturated heterocycles. The van der Waals surface area contributed by atoms with Crippen molar-refractivity contribution in [2.75, 3.05) is 0 Å². The molecule has 10 heteroatoms. The van der Waals surface area contributed by atoms with Gasteiger partial charge in [0.25, 0.3) is 19.3 Å². The van der Waals surface area contributed by atoms with Crippen molar-refractivity contribution in [2.24, 2.45) is 0 Å². The highest BCUT2D eigenvalue weighted by molar-refractivity contribution is 5.66. The fourth-order valence-corrected chi connectivity index (χ4v) is 1.70. The highest BCUT2D eigenvalue weighted by Gasteiger charge is 2.13. The van der Waals surface area contributed by atoms with Crippen LogP contribution < -0.4 is 9.13 Å². The molecule has 2 N–H and O–H groups in total. The van der Waals surface area contributed by atoms with Gasteiger partial charge in [-0.2, -0.15) is 0 Å². The summed E-state index contributed by atoms with van der Waals surface area (Å²) in [5.41, 5.74) is 0. The average Bonchev–Trinajstić information content (AvgIpc) is 3.04. The molecule has 2 aromatic rings. The zero-order valence-corrected chi connectivity index (χ0v) is 11.2. The number of carboxylic acids is 2. The maximum absolute atomic E-state index is 10.5. The number of carbonyl (C=O) groups is 2. The van der Waals surface area contributed by atoms with Gasteiger partial charge in [-0.25, -0.2) is 9.13 Å². The average molecular weight is 296 g/mol. The number of aromatic nitrogens is 6. The summed E-state index contributed by atoms with van der Waals surface area (Å²) in [6, 6.07) is 0. The summed E-state index contributed by atoms with van der Waals surface area (Å²) in [5, 5.41) is 25.4. The van der Waals surface area contributed by atoms with E-state index < -0.39 is 11.9 Å². The minimum Gasteiger partial charge on any atom is -0.481 e. The first-order chi connectivity index (χ1) is 10.0. The van der Waals surface area contributed by atoms with E-state index in [0.29, 0.717) is 19.8 Å². The molecule has 21 heavy (non-hydrogen) atoms. The molecule has 0 aromatic carbocycles. The molecular weight excluding hydrogens is 280 g/mol. The number of nitrogens with zero attached hydrogens (tertiary/aromatic N) is 6. The topological polar surface area (TPSA) is 118 Å². The Kier molecular flexibility index (Phi) is 4.59. The molecule has 2 rings (SSSR count). The Balaban J connectivity index is 1.89. The number of hydrogen-bond acceptors (Lipinski definition) is 4. The van der Waals surface area contributed by atoms with Gasteiger partial charge in [0, 0.05) is 10.2 Å². The summed E-state index contributed by atoms with van der Waals surface area (Å²) in [6.07, 6.45) is 6.54. The first kappa shape index (κ1) is 14.6. The number of carboxylic acid groups (broad SMARTS) is 2. The molecule has 0 spiro atoms. The predicted molar refractivity (Wildman–Crippen MR) is 64.7 cm³/mol. The van der Waals surface area contributed by atoms with Crippen LogP contribution in [0.25, 0.3) is 0 Å². The Morgan fingerprint density at radius 2 is 1.33 bits per heavy atom. The van der Waals surface area contributed by atoms with Gasteiger partial charge in [0.1, 0.15) is 0 Å². The van der Waals surface area contributed by atoms with E-state index in [4.69, 9.17) is 10.2 Å². The number of rotatable bonds is 8. The molecule has 2 heterocycles. The minimum atomic E-state index is -0.859. The lowest BCUT2D eigenvalue weighted by Gasteiger charge is -1.91. The summed E-state index contributed by atoms with van der Waals surface area (Å²) < 4.78 is 6.57. The standard InChI is InChI=1S/C11H14N6O4/c18-10(19)1-3-14-5-12-16(7-14)9-17-8-15(6-13-17)4-2-11(20)21/h5-8H,1-4,9H2/p+2. The Bertz CT molecular complexity index is 580. The van der Waals surface area contributed by atoms with Crippen LogP contribution in [0.3, 0.4) is 0 Å². The highest BCUT2D eigenvalue weighted by Crippen LogP contribution is 1.86. The van der Waals surface area contributed by atoms with E-state index in [2.05, 4.69) is 10.2 Å². The van der Waals surface area contributed by atoms with E-state index in [9.17, 15) is 9.59 Å². The first-order valence-electron chi connectivity index (χ1n) is 6.29. The van der Waals surface area contributed by atoms with Crippen molar-refractivity contribution in [1.82, 2.24) is 19.6 Å². The summed E-state index contributed by atoms with van der Waals surface area (Å²) in [5.74, 6) is -1.72. The molecule has 0 aliphatic heterocycles. The maximum atomic E-state index is 10.5. The van der Waals surface area contributed by atoms with E-state index >= 15 is 0 Å². The lowest BCUT2D eigenvalue weighted by molar-refractivity contribution is -0.697. The number of hydrogen-bond donors (Lipinski definition) is 2. The monoisotopic (exact) mass is 296 g/mol. The largest absolute Gasteiger partial charge is 0.481 e. The van der Waals surface area contributed by atoms with Gasteiger partial charge in [0.05, 0.1) is 25.9 Å². The Morgan fingerprint density at radius 3 is 1.71 bits per heavy atom. The zero-order valence-electron chi connectivity index (χ0n) is 11.2. The van der Waals surface area contributed by atoms with E-state index in [1.165, 1.54) is 0 Å². The van der Waals surface area contributed by atoms with E-state index in [1.54, 1.807) is 43.8 Å². The summed E-state index contributed by atoms with van der Waals surface area (Å²) in [6.45, 7) is 1.07. The Labute approximate surface area is 119 Å². The van der Waals surface area contributed by atoms with E-state index in [-0.39, 0.29) is 12.8 Å². The third-order valence-corrected chi connectivity index (χ3v) is 2.72. The quantitative estimate of drug-likeness (QED) is 0.550. The van der Waals surface area contributed by atoms with Crippen LogP contribution in [0.4, 0.5) is 0 Å². The Hall–Kier alpha value is -2.78. The SMILES string of the molecule is O=C(O)CC[n+]1cnn(Cn2c[n+](CCC(=O)O)cn2)c1. The lowest BCUT2D eigenvalue weighted by Crippen LogP contribution is -2.33.